The van der Waals surface area contributed by atoms with Crippen molar-refractivity contribution in [2.45, 2.75) is 35.5 Å². The lowest BCUT2D eigenvalue weighted by atomic mass is 10.1. The number of nitrogens with one attached hydrogen (secondary N) is 1. The van der Waals surface area contributed by atoms with Gasteiger partial charge in [0.25, 0.3) is 0 Å². The predicted molar refractivity (Wildman–Crippen MR) is 110 cm³/mol. The molecule has 146 valence electrons. The molecule has 5 nitrogen and oxygen atoms in total. The number of methoxy groups -OCH3 is 1. The molecular weight excluding hydrogens is 372 g/mol. The third kappa shape index (κ3) is 3.44. The van der Waals surface area contributed by atoms with Crippen molar-refractivity contribution in [1.82, 2.24) is 0 Å². The van der Waals surface area contributed by atoms with E-state index in [2.05, 4.69) is 9.88 Å². The monoisotopic (exact) mass is 397 g/mol. The molecular formula is C22H25N2O3S+. The third-order valence-corrected chi connectivity index (χ3v) is 7.12. The van der Waals surface area contributed by atoms with Crippen LogP contribution in [0, 0.1) is 0 Å². The Balaban J connectivity index is 1.98. The SMILES string of the molecule is COc1ccc2[nH+]cc(S(=O)(=O)c3ccccc3)c(N3CCCCCC3)c2c1. The van der Waals surface area contributed by atoms with Crippen LogP contribution in [-0.2, 0) is 9.84 Å². The molecule has 1 fully saturated rings. The molecule has 0 unspecified atom stereocenters. The number of H-pyrrole nitrogens is 1. The first-order chi connectivity index (χ1) is 13.6. The highest BCUT2D eigenvalue weighted by molar-refractivity contribution is 7.91. The molecule has 28 heavy (non-hydrogen) atoms. The first kappa shape index (κ1) is 18.7. The average molecular weight is 398 g/mol. The van der Waals surface area contributed by atoms with E-state index in [0.717, 1.165) is 42.5 Å². The number of rotatable bonds is 4. The van der Waals surface area contributed by atoms with Gasteiger partial charge in [0.15, 0.2) is 11.1 Å². The van der Waals surface area contributed by atoms with Crippen LogP contribution < -0.4 is 14.6 Å². The van der Waals surface area contributed by atoms with E-state index >= 15 is 0 Å². The van der Waals surface area contributed by atoms with E-state index in [1.54, 1.807) is 37.6 Å². The number of aromatic nitrogens is 1. The maximum Gasteiger partial charge on any atom is 0.214 e. The number of pyridine rings is 1. The van der Waals surface area contributed by atoms with Crippen LogP contribution in [0.2, 0.25) is 0 Å². The van der Waals surface area contributed by atoms with E-state index in [9.17, 15) is 8.42 Å². The highest BCUT2D eigenvalue weighted by Crippen LogP contribution is 2.37. The highest BCUT2D eigenvalue weighted by Gasteiger charge is 2.29. The standard InChI is InChI=1S/C22H24N2O3S/c1-27-17-11-12-20-19(15-17)22(24-13-7-2-3-8-14-24)21(16-23-20)28(25,26)18-9-5-4-6-10-18/h4-6,9-12,15-16H,2-3,7-8,13-14H2,1H3/p+1. The molecule has 0 spiro atoms. The average Bonchev–Trinajstić information content (AvgIpc) is 3.02. The van der Waals surface area contributed by atoms with Gasteiger partial charge in [-0.1, -0.05) is 31.0 Å². The first-order valence-corrected chi connectivity index (χ1v) is 11.2. The Morgan fingerprint density at radius 2 is 1.68 bits per heavy atom. The number of nitrogens with zero attached hydrogens (tertiary/aromatic N) is 1. The molecule has 1 N–H and O–H groups in total. The minimum absolute atomic E-state index is 0.307. The highest BCUT2D eigenvalue weighted by atomic mass is 32.2. The van der Waals surface area contributed by atoms with Crippen molar-refractivity contribution in [2.75, 3.05) is 25.1 Å². The normalized spacial score (nSPS) is 15.4. The molecule has 0 bridgehead atoms. The zero-order valence-electron chi connectivity index (χ0n) is 16.0. The van der Waals surface area contributed by atoms with Gasteiger partial charge in [-0.05, 0) is 37.1 Å². The molecule has 0 aliphatic carbocycles. The second kappa shape index (κ2) is 7.80. The summed E-state index contributed by atoms with van der Waals surface area (Å²) in [5.74, 6) is 0.714. The summed E-state index contributed by atoms with van der Waals surface area (Å²) in [5.41, 5.74) is 1.67. The smallest absolute Gasteiger partial charge is 0.214 e. The Hall–Kier alpha value is -2.60. The molecule has 2 heterocycles. The summed E-state index contributed by atoms with van der Waals surface area (Å²) in [4.78, 5) is 6.04. The third-order valence-electron chi connectivity index (χ3n) is 5.34. The number of hydrogen-bond acceptors (Lipinski definition) is 4. The summed E-state index contributed by atoms with van der Waals surface area (Å²) in [6.07, 6.45) is 6.12. The fourth-order valence-electron chi connectivity index (χ4n) is 3.87. The van der Waals surface area contributed by atoms with Crippen LogP contribution in [0.3, 0.4) is 0 Å². The second-order valence-corrected chi connectivity index (χ2v) is 9.05. The zero-order valence-corrected chi connectivity index (χ0v) is 16.8. The number of hydrogen-bond donors (Lipinski definition) is 0. The van der Waals surface area contributed by atoms with Crippen LogP contribution in [0.15, 0.2) is 64.5 Å². The molecule has 6 heteroatoms. The number of anilines is 1. The minimum atomic E-state index is -3.66. The van der Waals surface area contributed by atoms with E-state index in [1.807, 2.05) is 24.3 Å². The van der Waals surface area contributed by atoms with Gasteiger partial charge >= 0.3 is 0 Å². The van der Waals surface area contributed by atoms with Crippen molar-refractivity contribution in [3.05, 3.63) is 54.7 Å². The molecule has 2 aromatic carbocycles. The molecule has 1 aliphatic rings. The van der Waals surface area contributed by atoms with Gasteiger partial charge in [0.2, 0.25) is 15.4 Å². The maximum atomic E-state index is 13.5. The van der Waals surface area contributed by atoms with Gasteiger partial charge in [0, 0.05) is 19.2 Å². The van der Waals surface area contributed by atoms with E-state index in [0.29, 0.717) is 15.5 Å². The van der Waals surface area contributed by atoms with Crippen molar-refractivity contribution in [3.63, 3.8) is 0 Å². The molecule has 0 radical (unpaired) electrons. The second-order valence-electron chi connectivity index (χ2n) is 7.13. The van der Waals surface area contributed by atoms with Gasteiger partial charge < -0.3 is 9.64 Å². The topological polar surface area (TPSA) is 60.8 Å². The zero-order chi connectivity index (χ0) is 19.6. The van der Waals surface area contributed by atoms with Gasteiger partial charge in [-0.15, -0.1) is 0 Å². The summed E-state index contributed by atoms with van der Waals surface area (Å²) in [7, 11) is -2.03. The van der Waals surface area contributed by atoms with E-state index in [1.165, 1.54) is 12.8 Å². The van der Waals surface area contributed by atoms with Gasteiger partial charge in [0.05, 0.1) is 23.1 Å². The number of aromatic amines is 1. The van der Waals surface area contributed by atoms with E-state index < -0.39 is 9.84 Å². The molecule has 0 saturated carbocycles. The van der Waals surface area contributed by atoms with E-state index in [-0.39, 0.29) is 0 Å². The van der Waals surface area contributed by atoms with Crippen molar-refractivity contribution in [3.8, 4) is 5.75 Å². The summed E-state index contributed by atoms with van der Waals surface area (Å²) in [5, 5.41) is 0.873. The lowest BCUT2D eigenvalue weighted by Crippen LogP contribution is -2.27. The largest absolute Gasteiger partial charge is 0.497 e. The molecule has 1 saturated heterocycles. The molecule has 0 atom stereocenters. The quantitative estimate of drug-likeness (QED) is 0.670. The number of ether oxygens (including phenoxy) is 1. The lowest BCUT2D eigenvalue weighted by Gasteiger charge is -2.25. The molecule has 1 aliphatic heterocycles. The Morgan fingerprint density at radius 1 is 0.964 bits per heavy atom. The van der Waals surface area contributed by atoms with Crippen LogP contribution in [-0.4, -0.2) is 28.6 Å². The Bertz CT molecular complexity index is 1070. The summed E-state index contributed by atoms with van der Waals surface area (Å²) < 4.78 is 32.4. The van der Waals surface area contributed by atoms with Crippen molar-refractivity contribution in [2.24, 2.45) is 0 Å². The van der Waals surface area contributed by atoms with Crippen LogP contribution in [0.5, 0.6) is 5.75 Å². The summed E-state index contributed by atoms with van der Waals surface area (Å²) in [6, 6.07) is 14.4. The lowest BCUT2D eigenvalue weighted by molar-refractivity contribution is -0.347. The molecule has 4 rings (SSSR count). The number of fused-ring (bicyclic) bond motifs is 1. The van der Waals surface area contributed by atoms with Crippen LogP contribution in [0.25, 0.3) is 10.9 Å². The Kier molecular flexibility index (Phi) is 5.22. The number of benzene rings is 2. The molecule has 1 aromatic heterocycles. The fourth-order valence-corrected chi connectivity index (χ4v) is 5.35. The van der Waals surface area contributed by atoms with Crippen LogP contribution in [0.1, 0.15) is 25.7 Å². The number of sulfone groups is 1. The van der Waals surface area contributed by atoms with Crippen molar-refractivity contribution in [1.29, 1.82) is 0 Å². The van der Waals surface area contributed by atoms with Crippen LogP contribution in [0.4, 0.5) is 5.69 Å². The summed E-state index contributed by atoms with van der Waals surface area (Å²) >= 11 is 0. The fraction of sp³-hybridized carbons (Fsp3) is 0.318. The predicted octanol–water partition coefficient (Wildman–Crippen LogP) is 3.88. The minimum Gasteiger partial charge on any atom is -0.497 e. The Labute approximate surface area is 165 Å². The molecule has 0 amide bonds. The van der Waals surface area contributed by atoms with Crippen molar-refractivity contribution < 1.29 is 18.1 Å². The van der Waals surface area contributed by atoms with E-state index in [4.69, 9.17) is 4.74 Å². The van der Waals surface area contributed by atoms with Gasteiger partial charge in [-0.3, -0.25) is 0 Å². The molecule has 3 aromatic rings. The van der Waals surface area contributed by atoms with Gasteiger partial charge in [-0.2, -0.15) is 0 Å². The van der Waals surface area contributed by atoms with Crippen molar-refractivity contribution >= 4 is 26.4 Å². The van der Waals surface area contributed by atoms with Gasteiger partial charge in [-0.25, -0.2) is 13.4 Å². The van der Waals surface area contributed by atoms with Crippen LogP contribution >= 0.6 is 0 Å². The van der Waals surface area contributed by atoms with Gasteiger partial charge in [0.1, 0.15) is 5.75 Å². The summed E-state index contributed by atoms with van der Waals surface area (Å²) in [6.45, 7) is 1.71. The Morgan fingerprint density at radius 3 is 2.36 bits per heavy atom. The first-order valence-electron chi connectivity index (χ1n) is 9.69. The maximum absolute atomic E-state index is 13.5.